The number of hydrogen-bond donors (Lipinski definition) is 1. The lowest BCUT2D eigenvalue weighted by molar-refractivity contribution is 0.393. The third-order valence-corrected chi connectivity index (χ3v) is 5.22. The van der Waals surface area contributed by atoms with Crippen LogP contribution < -0.4 is 14.1 Å². The van der Waals surface area contributed by atoms with Gasteiger partial charge in [0, 0.05) is 16.2 Å². The van der Waals surface area contributed by atoms with Gasteiger partial charge in [0.1, 0.15) is 16.7 Å². The average Bonchev–Trinajstić information content (AvgIpc) is 2.59. The van der Waals surface area contributed by atoms with E-state index >= 15 is 0 Å². The second kappa shape index (κ2) is 8.19. The van der Waals surface area contributed by atoms with Crippen LogP contribution in [0.2, 0.25) is 15.2 Å². The molecule has 2 aromatic carbocycles. The van der Waals surface area contributed by atoms with E-state index in [4.69, 9.17) is 43.9 Å². The first-order chi connectivity index (χ1) is 12.4. The average molecular weight is 430 g/mol. The fourth-order valence-corrected chi connectivity index (χ4v) is 3.77. The van der Waals surface area contributed by atoms with E-state index in [0.29, 0.717) is 27.2 Å². The number of rotatable bonds is 6. The van der Waals surface area contributed by atoms with Gasteiger partial charge in [-0.2, -0.15) is 0 Å². The quantitative estimate of drug-likeness (QED) is 0.348. The summed E-state index contributed by atoms with van der Waals surface area (Å²) in [5.74, 6) is 0.638. The van der Waals surface area contributed by atoms with E-state index in [0.717, 1.165) is 0 Å². The highest BCUT2D eigenvalue weighted by Gasteiger charge is 2.29. The van der Waals surface area contributed by atoms with Crippen LogP contribution in [0.4, 0.5) is 5.69 Å². The van der Waals surface area contributed by atoms with Crippen LogP contribution in [-0.2, 0) is 4.57 Å². The summed E-state index contributed by atoms with van der Waals surface area (Å²) in [5, 5.41) is 4.03. The first kappa shape index (κ1) is 18.9. The Kier molecular flexibility index (Phi) is 5.94. The standard InChI is InChI=1S/C17H12Cl3N2O3P/c18-12-1-5-15(6-2-12)24-26(23,22-14-9-10-21-17(20)11-14)25-16-7-3-13(19)4-8-16/h1-11H,(H,21,22,23). The summed E-state index contributed by atoms with van der Waals surface area (Å²) in [4.78, 5) is 3.88. The normalized spacial score (nSPS) is 11.0. The van der Waals surface area contributed by atoms with Gasteiger partial charge < -0.3 is 9.05 Å². The molecule has 0 unspecified atom stereocenters. The summed E-state index contributed by atoms with van der Waals surface area (Å²) >= 11 is 17.6. The second-order valence-electron chi connectivity index (χ2n) is 5.07. The lowest BCUT2D eigenvalue weighted by Gasteiger charge is -2.21. The predicted molar refractivity (Wildman–Crippen MR) is 105 cm³/mol. The monoisotopic (exact) mass is 428 g/mol. The molecular weight excluding hydrogens is 418 g/mol. The summed E-state index contributed by atoms with van der Waals surface area (Å²) in [6.45, 7) is 0. The highest BCUT2D eigenvalue weighted by atomic mass is 35.5. The minimum atomic E-state index is -3.86. The molecule has 0 fully saturated rings. The van der Waals surface area contributed by atoms with E-state index in [1.165, 1.54) is 12.3 Å². The molecule has 0 aliphatic carbocycles. The lowest BCUT2D eigenvalue weighted by Crippen LogP contribution is -2.10. The Labute approximate surface area is 165 Å². The van der Waals surface area contributed by atoms with Crippen LogP contribution in [0.3, 0.4) is 0 Å². The van der Waals surface area contributed by atoms with Gasteiger partial charge in [-0.25, -0.2) is 9.55 Å². The van der Waals surface area contributed by atoms with Crippen molar-refractivity contribution < 1.29 is 13.6 Å². The molecule has 0 bridgehead atoms. The minimum absolute atomic E-state index is 0.236. The van der Waals surface area contributed by atoms with Gasteiger partial charge in [-0.1, -0.05) is 34.8 Å². The number of nitrogens with zero attached hydrogens (tertiary/aromatic N) is 1. The van der Waals surface area contributed by atoms with E-state index in [1.807, 2.05) is 0 Å². The van der Waals surface area contributed by atoms with Crippen LogP contribution in [0.1, 0.15) is 0 Å². The number of benzene rings is 2. The molecule has 3 rings (SSSR count). The van der Waals surface area contributed by atoms with Gasteiger partial charge in [-0.15, -0.1) is 0 Å². The number of anilines is 1. The van der Waals surface area contributed by atoms with Crippen LogP contribution in [-0.4, -0.2) is 4.98 Å². The van der Waals surface area contributed by atoms with E-state index in [1.54, 1.807) is 54.6 Å². The Morgan fingerprint density at radius 3 is 1.77 bits per heavy atom. The Morgan fingerprint density at radius 1 is 0.808 bits per heavy atom. The molecule has 0 saturated carbocycles. The van der Waals surface area contributed by atoms with Gasteiger partial charge in [0.25, 0.3) is 0 Å². The zero-order chi connectivity index (χ0) is 18.6. The second-order valence-corrected chi connectivity index (χ2v) is 7.91. The molecule has 1 heterocycles. The van der Waals surface area contributed by atoms with Gasteiger partial charge in [-0.05, 0) is 60.7 Å². The van der Waals surface area contributed by atoms with Crippen molar-refractivity contribution >= 4 is 48.2 Å². The van der Waals surface area contributed by atoms with E-state index in [9.17, 15) is 4.57 Å². The Balaban J connectivity index is 1.89. The fraction of sp³-hybridized carbons (Fsp3) is 0. The molecule has 1 N–H and O–H groups in total. The maximum absolute atomic E-state index is 13.3. The summed E-state index contributed by atoms with van der Waals surface area (Å²) in [6.07, 6.45) is 1.47. The lowest BCUT2D eigenvalue weighted by atomic mass is 10.3. The summed E-state index contributed by atoms with van der Waals surface area (Å²) < 4.78 is 24.5. The highest BCUT2D eigenvalue weighted by molar-refractivity contribution is 7.56. The smallest absolute Gasteiger partial charge is 0.400 e. The van der Waals surface area contributed by atoms with Crippen LogP contribution >= 0.6 is 42.5 Å². The molecular formula is C17H12Cl3N2O3P. The van der Waals surface area contributed by atoms with Gasteiger partial charge in [0.15, 0.2) is 0 Å². The van der Waals surface area contributed by atoms with Crippen molar-refractivity contribution in [1.29, 1.82) is 0 Å². The molecule has 134 valence electrons. The maximum Gasteiger partial charge on any atom is 0.541 e. The van der Waals surface area contributed by atoms with Crippen molar-refractivity contribution in [2.24, 2.45) is 0 Å². The van der Waals surface area contributed by atoms with Crippen LogP contribution in [0.5, 0.6) is 11.5 Å². The molecule has 26 heavy (non-hydrogen) atoms. The van der Waals surface area contributed by atoms with Crippen LogP contribution in [0, 0.1) is 0 Å². The summed E-state index contributed by atoms with van der Waals surface area (Å²) in [7, 11) is -3.86. The van der Waals surface area contributed by atoms with Crippen LogP contribution in [0.15, 0.2) is 66.9 Å². The number of halogens is 3. The largest absolute Gasteiger partial charge is 0.541 e. The van der Waals surface area contributed by atoms with Crippen LogP contribution in [0.25, 0.3) is 0 Å². The summed E-state index contributed by atoms with van der Waals surface area (Å²) in [5.41, 5.74) is 0.427. The van der Waals surface area contributed by atoms with Crippen molar-refractivity contribution in [1.82, 2.24) is 4.98 Å². The SMILES string of the molecule is O=P(Nc1ccnc(Cl)c1)(Oc1ccc(Cl)cc1)Oc1ccc(Cl)cc1. The fourth-order valence-electron chi connectivity index (χ4n) is 1.96. The van der Waals surface area contributed by atoms with Crippen molar-refractivity contribution in [3.8, 4) is 11.5 Å². The molecule has 3 aromatic rings. The molecule has 5 nitrogen and oxygen atoms in total. The Bertz CT molecular complexity index is 885. The molecule has 9 heteroatoms. The maximum atomic E-state index is 13.3. The zero-order valence-corrected chi connectivity index (χ0v) is 16.3. The molecule has 0 atom stereocenters. The molecule has 0 saturated heterocycles. The van der Waals surface area contributed by atoms with Gasteiger partial charge >= 0.3 is 7.75 Å². The van der Waals surface area contributed by atoms with Gasteiger partial charge in [0.05, 0.1) is 5.69 Å². The van der Waals surface area contributed by atoms with Gasteiger partial charge in [-0.3, -0.25) is 5.09 Å². The first-order valence-electron chi connectivity index (χ1n) is 7.32. The molecule has 0 aliphatic rings. The minimum Gasteiger partial charge on any atom is -0.400 e. The number of hydrogen-bond acceptors (Lipinski definition) is 4. The van der Waals surface area contributed by atoms with Gasteiger partial charge in [0.2, 0.25) is 0 Å². The first-order valence-corrected chi connectivity index (χ1v) is 10.00. The van der Waals surface area contributed by atoms with Crippen molar-refractivity contribution in [3.63, 3.8) is 0 Å². The molecule has 0 radical (unpaired) electrons. The van der Waals surface area contributed by atoms with E-state index in [2.05, 4.69) is 10.1 Å². The zero-order valence-electron chi connectivity index (χ0n) is 13.1. The number of aromatic nitrogens is 1. The third-order valence-electron chi connectivity index (χ3n) is 3.07. The topological polar surface area (TPSA) is 60.5 Å². The van der Waals surface area contributed by atoms with Crippen molar-refractivity contribution in [2.45, 2.75) is 0 Å². The highest BCUT2D eigenvalue weighted by Crippen LogP contribution is 2.48. The molecule has 0 spiro atoms. The predicted octanol–water partition coefficient (Wildman–Crippen LogP) is 6.72. The number of pyridine rings is 1. The molecule has 0 aliphatic heterocycles. The third kappa shape index (κ3) is 5.29. The molecule has 1 aromatic heterocycles. The van der Waals surface area contributed by atoms with Crippen molar-refractivity contribution in [3.05, 3.63) is 82.1 Å². The van der Waals surface area contributed by atoms with E-state index in [-0.39, 0.29) is 5.15 Å². The summed E-state index contributed by atoms with van der Waals surface area (Å²) in [6, 6.07) is 15.9. The Hall–Kier alpha value is -1.91. The number of nitrogens with one attached hydrogen (secondary N) is 1. The molecule has 0 amide bonds. The Morgan fingerprint density at radius 2 is 1.31 bits per heavy atom. The van der Waals surface area contributed by atoms with Crippen molar-refractivity contribution in [2.75, 3.05) is 5.09 Å². The van der Waals surface area contributed by atoms with E-state index < -0.39 is 7.75 Å².